The van der Waals surface area contributed by atoms with Crippen LogP contribution in [0, 0.1) is 0 Å². The molecule has 7 heteroatoms. The number of nitrogens with zero attached hydrogens (tertiary/aromatic N) is 2. The van der Waals surface area contributed by atoms with Crippen LogP contribution in [0.15, 0.2) is 47.6 Å². The molecular weight excluding hydrogens is 312 g/mol. The quantitative estimate of drug-likeness (QED) is 0.913. The highest BCUT2D eigenvalue weighted by molar-refractivity contribution is 7.89. The summed E-state index contributed by atoms with van der Waals surface area (Å²) in [5, 5.41) is 9.26. The number of hydrogen-bond acceptors (Lipinski definition) is 4. The molecule has 0 amide bonds. The fraction of sp³-hybridized carbons (Fsp3) is 0.214. The van der Waals surface area contributed by atoms with Crippen LogP contribution < -0.4 is 0 Å². The first-order chi connectivity index (χ1) is 9.95. The van der Waals surface area contributed by atoms with Crippen LogP contribution in [0.5, 0.6) is 0 Å². The molecule has 0 saturated carbocycles. The van der Waals surface area contributed by atoms with Crippen molar-refractivity contribution < 1.29 is 13.5 Å². The number of hydrogen-bond donors (Lipinski definition) is 1. The van der Waals surface area contributed by atoms with Crippen molar-refractivity contribution in [3.63, 3.8) is 0 Å². The molecule has 1 aromatic carbocycles. The summed E-state index contributed by atoms with van der Waals surface area (Å²) >= 11 is 5.98. The molecule has 0 aliphatic heterocycles. The maximum Gasteiger partial charge on any atom is 0.244 e. The Bertz CT molecular complexity index is 720. The smallest absolute Gasteiger partial charge is 0.244 e. The average molecular weight is 327 g/mol. The van der Waals surface area contributed by atoms with Crippen LogP contribution in [0.2, 0.25) is 5.02 Å². The zero-order valence-corrected chi connectivity index (χ0v) is 13.0. The Balaban J connectivity index is 2.33. The topological polar surface area (TPSA) is 70.5 Å². The number of aliphatic hydroxyl groups is 1. The van der Waals surface area contributed by atoms with Crippen molar-refractivity contribution in [3.05, 3.63) is 58.9 Å². The van der Waals surface area contributed by atoms with Crippen LogP contribution in [-0.4, -0.2) is 29.9 Å². The molecule has 0 unspecified atom stereocenters. The third kappa shape index (κ3) is 3.59. The molecule has 0 fully saturated rings. The van der Waals surface area contributed by atoms with Crippen molar-refractivity contribution in [2.45, 2.75) is 18.0 Å². The molecule has 0 saturated heterocycles. The average Bonchev–Trinajstić information content (AvgIpc) is 2.48. The minimum absolute atomic E-state index is 0.0119. The molecule has 0 spiro atoms. The van der Waals surface area contributed by atoms with Crippen molar-refractivity contribution in [1.82, 2.24) is 9.29 Å². The van der Waals surface area contributed by atoms with E-state index in [0.29, 0.717) is 5.56 Å². The van der Waals surface area contributed by atoms with Crippen molar-refractivity contribution in [2.24, 2.45) is 0 Å². The third-order valence-corrected chi connectivity index (χ3v) is 5.28. The fourth-order valence-electron chi connectivity index (χ4n) is 1.85. The van der Waals surface area contributed by atoms with Crippen LogP contribution in [0.4, 0.5) is 0 Å². The first kappa shape index (κ1) is 15.9. The van der Waals surface area contributed by atoms with Crippen molar-refractivity contribution in [2.75, 3.05) is 7.05 Å². The van der Waals surface area contributed by atoms with Crippen LogP contribution >= 0.6 is 11.6 Å². The van der Waals surface area contributed by atoms with E-state index in [1.165, 1.54) is 23.5 Å². The molecule has 5 nitrogen and oxygen atoms in total. The zero-order valence-electron chi connectivity index (χ0n) is 11.4. The van der Waals surface area contributed by atoms with E-state index in [1.54, 1.807) is 30.6 Å². The van der Waals surface area contributed by atoms with Crippen LogP contribution in [0.3, 0.4) is 0 Å². The number of halogens is 1. The molecule has 21 heavy (non-hydrogen) atoms. The van der Waals surface area contributed by atoms with Gasteiger partial charge < -0.3 is 5.11 Å². The summed E-state index contributed by atoms with van der Waals surface area (Å²) in [7, 11) is -2.26. The Morgan fingerprint density at radius 2 is 2.05 bits per heavy atom. The number of sulfonamides is 1. The molecule has 112 valence electrons. The number of aromatic nitrogens is 1. The van der Waals surface area contributed by atoms with Gasteiger partial charge in [-0.3, -0.25) is 4.98 Å². The second-order valence-electron chi connectivity index (χ2n) is 4.55. The van der Waals surface area contributed by atoms with Gasteiger partial charge in [0.2, 0.25) is 10.0 Å². The Kier molecular flexibility index (Phi) is 4.95. The minimum atomic E-state index is -3.74. The van der Waals surface area contributed by atoms with Gasteiger partial charge in [0, 0.05) is 26.0 Å². The fourth-order valence-corrected chi connectivity index (χ4v) is 3.53. The number of rotatable bonds is 5. The molecular formula is C14H15ClN2O3S. The lowest BCUT2D eigenvalue weighted by Gasteiger charge is -2.18. The lowest BCUT2D eigenvalue weighted by Crippen LogP contribution is -2.27. The van der Waals surface area contributed by atoms with E-state index >= 15 is 0 Å². The summed E-state index contributed by atoms with van der Waals surface area (Å²) in [6, 6.07) is 7.98. The van der Waals surface area contributed by atoms with Gasteiger partial charge in [-0.05, 0) is 29.3 Å². The number of benzene rings is 1. The Morgan fingerprint density at radius 1 is 1.29 bits per heavy atom. The van der Waals surface area contributed by atoms with Gasteiger partial charge in [-0.25, -0.2) is 8.42 Å². The summed E-state index contributed by atoms with van der Waals surface area (Å²) in [5.74, 6) is 0. The summed E-state index contributed by atoms with van der Waals surface area (Å²) < 4.78 is 26.3. The molecule has 0 aliphatic carbocycles. The van der Waals surface area contributed by atoms with Crippen molar-refractivity contribution in [1.29, 1.82) is 0 Å². The van der Waals surface area contributed by atoms with E-state index in [1.807, 2.05) is 0 Å². The van der Waals surface area contributed by atoms with Gasteiger partial charge in [0.15, 0.2) is 0 Å². The number of pyridine rings is 1. The second-order valence-corrected chi connectivity index (χ2v) is 6.97. The van der Waals surface area contributed by atoms with E-state index < -0.39 is 10.0 Å². The van der Waals surface area contributed by atoms with Crippen molar-refractivity contribution in [3.8, 4) is 0 Å². The van der Waals surface area contributed by atoms with E-state index in [9.17, 15) is 8.42 Å². The molecule has 0 radical (unpaired) electrons. The molecule has 1 aromatic heterocycles. The molecule has 2 rings (SSSR count). The maximum absolute atomic E-state index is 12.6. The minimum Gasteiger partial charge on any atom is -0.392 e. The van der Waals surface area contributed by atoms with Gasteiger partial charge in [0.1, 0.15) is 4.90 Å². The molecule has 1 N–H and O–H groups in total. The highest BCUT2D eigenvalue weighted by Crippen LogP contribution is 2.26. The lowest BCUT2D eigenvalue weighted by atomic mass is 10.2. The van der Waals surface area contributed by atoms with Gasteiger partial charge in [-0.2, -0.15) is 4.31 Å². The SMILES string of the molecule is CN(Cc1cccnc1)S(=O)(=O)c1cc(CO)ccc1Cl. The van der Waals surface area contributed by atoms with Crippen molar-refractivity contribution >= 4 is 21.6 Å². The van der Waals surface area contributed by atoms with Gasteiger partial charge in [-0.1, -0.05) is 23.7 Å². The maximum atomic E-state index is 12.6. The van der Waals surface area contributed by atoms with E-state index in [2.05, 4.69) is 4.98 Å². The molecule has 2 aromatic rings. The van der Waals surface area contributed by atoms with Crippen LogP contribution in [0.1, 0.15) is 11.1 Å². The summed E-state index contributed by atoms with van der Waals surface area (Å²) in [6.07, 6.45) is 3.23. The first-order valence-electron chi connectivity index (χ1n) is 6.19. The highest BCUT2D eigenvalue weighted by Gasteiger charge is 2.24. The Hall–Kier alpha value is -1.47. The summed E-state index contributed by atoms with van der Waals surface area (Å²) in [4.78, 5) is 3.94. The largest absolute Gasteiger partial charge is 0.392 e. The van der Waals surface area contributed by atoms with E-state index in [0.717, 1.165) is 5.56 Å². The molecule has 0 aliphatic rings. The molecule has 0 bridgehead atoms. The van der Waals surface area contributed by atoms with Gasteiger partial charge in [0.25, 0.3) is 0 Å². The highest BCUT2D eigenvalue weighted by atomic mass is 35.5. The second kappa shape index (κ2) is 6.53. The summed E-state index contributed by atoms with van der Waals surface area (Å²) in [5.41, 5.74) is 1.27. The van der Waals surface area contributed by atoms with Gasteiger partial charge in [0.05, 0.1) is 11.6 Å². The van der Waals surface area contributed by atoms with Gasteiger partial charge in [-0.15, -0.1) is 0 Å². The third-order valence-electron chi connectivity index (χ3n) is 2.99. The van der Waals surface area contributed by atoms with Crippen LogP contribution in [-0.2, 0) is 23.2 Å². The normalized spacial score (nSPS) is 11.8. The lowest BCUT2D eigenvalue weighted by molar-refractivity contribution is 0.281. The Labute approximate surface area is 128 Å². The predicted octanol–water partition coefficient (Wildman–Crippen LogP) is 2.05. The first-order valence-corrected chi connectivity index (χ1v) is 8.01. The number of aliphatic hydroxyl groups excluding tert-OH is 1. The summed E-state index contributed by atoms with van der Waals surface area (Å²) in [6.45, 7) is -0.0537. The standard InChI is InChI=1S/C14H15ClN2O3S/c1-17(9-12-3-2-6-16-8-12)21(19,20)14-7-11(10-18)4-5-13(14)15/h2-8,18H,9-10H2,1H3. The van der Waals surface area contributed by atoms with E-state index in [4.69, 9.17) is 16.7 Å². The monoisotopic (exact) mass is 326 g/mol. The Morgan fingerprint density at radius 3 is 2.67 bits per heavy atom. The van der Waals surface area contributed by atoms with Gasteiger partial charge >= 0.3 is 0 Å². The zero-order chi connectivity index (χ0) is 15.5. The van der Waals surface area contributed by atoms with Crippen LogP contribution in [0.25, 0.3) is 0 Å². The predicted molar refractivity (Wildman–Crippen MR) is 80.3 cm³/mol. The molecule has 0 atom stereocenters. The molecule has 1 heterocycles. The van der Waals surface area contributed by atoms with E-state index in [-0.39, 0.29) is 23.1 Å².